The molecule has 1 saturated heterocycles. The van der Waals surface area contributed by atoms with Crippen LogP contribution in [0.5, 0.6) is 0 Å². The Morgan fingerprint density at radius 1 is 1.48 bits per heavy atom. The lowest BCUT2D eigenvalue weighted by Crippen LogP contribution is -2.47. The molecule has 21 heavy (non-hydrogen) atoms. The van der Waals surface area contributed by atoms with Crippen molar-refractivity contribution in [2.45, 2.75) is 25.9 Å². The SMILES string of the molecule is CC1CCN(Cc2coc(-c3cccc(Cl)c3)n2)CC1N. The summed E-state index contributed by atoms with van der Waals surface area (Å²) in [6.45, 7) is 4.98. The molecule has 2 atom stereocenters. The Labute approximate surface area is 129 Å². The number of halogens is 1. The van der Waals surface area contributed by atoms with E-state index in [4.69, 9.17) is 21.8 Å². The maximum absolute atomic E-state index is 6.14. The Balaban J connectivity index is 1.68. The molecular weight excluding hydrogens is 286 g/mol. The molecule has 1 aromatic heterocycles. The fourth-order valence-corrected chi connectivity index (χ4v) is 2.87. The number of nitrogens with zero attached hydrogens (tertiary/aromatic N) is 2. The van der Waals surface area contributed by atoms with Crippen molar-refractivity contribution in [3.63, 3.8) is 0 Å². The van der Waals surface area contributed by atoms with Crippen molar-refractivity contribution in [1.29, 1.82) is 0 Å². The zero-order chi connectivity index (χ0) is 14.8. The molecule has 2 N–H and O–H groups in total. The van der Waals surface area contributed by atoms with E-state index in [0.717, 1.165) is 37.3 Å². The van der Waals surface area contributed by atoms with Gasteiger partial charge in [-0.3, -0.25) is 4.90 Å². The van der Waals surface area contributed by atoms with Crippen LogP contribution in [0.2, 0.25) is 5.02 Å². The van der Waals surface area contributed by atoms with Crippen LogP contribution in [-0.4, -0.2) is 29.0 Å². The van der Waals surface area contributed by atoms with Crippen molar-refractivity contribution in [2.24, 2.45) is 11.7 Å². The first-order chi connectivity index (χ1) is 10.1. The average molecular weight is 306 g/mol. The summed E-state index contributed by atoms with van der Waals surface area (Å²) >= 11 is 6.00. The first kappa shape index (κ1) is 14.6. The smallest absolute Gasteiger partial charge is 0.226 e. The quantitative estimate of drug-likeness (QED) is 0.946. The zero-order valence-electron chi connectivity index (χ0n) is 12.1. The molecule has 1 aromatic carbocycles. The van der Waals surface area contributed by atoms with Gasteiger partial charge in [-0.2, -0.15) is 0 Å². The van der Waals surface area contributed by atoms with E-state index in [2.05, 4.69) is 16.8 Å². The highest BCUT2D eigenvalue weighted by Crippen LogP contribution is 2.23. The van der Waals surface area contributed by atoms with Crippen molar-refractivity contribution in [2.75, 3.05) is 13.1 Å². The monoisotopic (exact) mass is 305 g/mol. The fourth-order valence-electron chi connectivity index (χ4n) is 2.68. The lowest BCUT2D eigenvalue weighted by molar-refractivity contribution is 0.160. The van der Waals surface area contributed by atoms with Gasteiger partial charge in [-0.15, -0.1) is 0 Å². The van der Waals surface area contributed by atoms with Gasteiger partial charge >= 0.3 is 0 Å². The van der Waals surface area contributed by atoms with Gasteiger partial charge in [0.05, 0.1) is 5.69 Å². The standard InChI is InChI=1S/C16H20ClN3O/c1-11-5-6-20(9-15(11)18)8-14-10-21-16(19-14)12-3-2-4-13(17)7-12/h2-4,7,10-11,15H,5-6,8-9,18H2,1H3. The molecule has 0 spiro atoms. The number of hydrogen-bond donors (Lipinski definition) is 1. The molecule has 2 unspecified atom stereocenters. The molecule has 1 aliphatic heterocycles. The summed E-state index contributed by atoms with van der Waals surface area (Å²) in [4.78, 5) is 6.89. The van der Waals surface area contributed by atoms with Gasteiger partial charge in [-0.05, 0) is 37.1 Å². The molecule has 1 aliphatic rings. The second-order valence-electron chi connectivity index (χ2n) is 5.82. The minimum absolute atomic E-state index is 0.248. The Morgan fingerprint density at radius 2 is 2.33 bits per heavy atom. The van der Waals surface area contributed by atoms with E-state index in [0.29, 0.717) is 16.8 Å². The highest BCUT2D eigenvalue weighted by Gasteiger charge is 2.23. The summed E-state index contributed by atoms with van der Waals surface area (Å²) in [7, 11) is 0. The Morgan fingerprint density at radius 3 is 3.10 bits per heavy atom. The van der Waals surface area contributed by atoms with E-state index in [1.165, 1.54) is 0 Å². The number of aromatic nitrogens is 1. The number of nitrogens with two attached hydrogens (primary N) is 1. The maximum Gasteiger partial charge on any atom is 0.226 e. The van der Waals surface area contributed by atoms with Gasteiger partial charge < -0.3 is 10.2 Å². The molecule has 112 valence electrons. The molecule has 3 rings (SSSR count). The largest absolute Gasteiger partial charge is 0.444 e. The average Bonchev–Trinajstić information content (AvgIpc) is 2.91. The minimum atomic E-state index is 0.248. The molecule has 0 radical (unpaired) electrons. The summed E-state index contributed by atoms with van der Waals surface area (Å²) in [5, 5.41) is 0.684. The van der Waals surface area contributed by atoms with Crippen LogP contribution in [0.25, 0.3) is 11.5 Å². The van der Waals surface area contributed by atoms with Gasteiger partial charge in [0.25, 0.3) is 0 Å². The van der Waals surface area contributed by atoms with Gasteiger partial charge in [0.15, 0.2) is 0 Å². The van der Waals surface area contributed by atoms with Gasteiger partial charge in [0.2, 0.25) is 5.89 Å². The molecular formula is C16H20ClN3O. The van der Waals surface area contributed by atoms with E-state index in [-0.39, 0.29) is 6.04 Å². The van der Waals surface area contributed by atoms with Crippen LogP contribution < -0.4 is 5.73 Å². The maximum atomic E-state index is 6.14. The highest BCUT2D eigenvalue weighted by atomic mass is 35.5. The van der Waals surface area contributed by atoms with E-state index >= 15 is 0 Å². The van der Waals surface area contributed by atoms with Crippen molar-refractivity contribution < 1.29 is 4.42 Å². The van der Waals surface area contributed by atoms with Crippen LogP contribution in [0.15, 0.2) is 34.9 Å². The number of rotatable bonds is 3. The number of oxazole rings is 1. The number of piperidine rings is 1. The summed E-state index contributed by atoms with van der Waals surface area (Å²) in [6, 6.07) is 7.78. The molecule has 2 heterocycles. The van der Waals surface area contributed by atoms with Crippen LogP contribution in [0.3, 0.4) is 0 Å². The molecule has 0 saturated carbocycles. The summed E-state index contributed by atoms with van der Waals surface area (Å²) in [5.74, 6) is 1.21. The Hall–Kier alpha value is -1.36. The lowest BCUT2D eigenvalue weighted by Gasteiger charge is -2.34. The first-order valence-corrected chi connectivity index (χ1v) is 7.68. The van der Waals surface area contributed by atoms with E-state index < -0.39 is 0 Å². The van der Waals surface area contributed by atoms with Crippen LogP contribution >= 0.6 is 11.6 Å². The van der Waals surface area contributed by atoms with Crippen LogP contribution in [0.1, 0.15) is 19.0 Å². The molecule has 0 aliphatic carbocycles. The van der Waals surface area contributed by atoms with Crippen molar-refractivity contribution in [1.82, 2.24) is 9.88 Å². The fraction of sp³-hybridized carbons (Fsp3) is 0.438. The third-order valence-electron chi connectivity index (χ3n) is 4.11. The Kier molecular flexibility index (Phi) is 4.29. The molecule has 5 heteroatoms. The number of likely N-dealkylation sites (tertiary alicyclic amines) is 1. The third-order valence-corrected chi connectivity index (χ3v) is 4.34. The van der Waals surface area contributed by atoms with Gasteiger partial charge in [-0.1, -0.05) is 24.6 Å². The lowest BCUT2D eigenvalue weighted by atomic mass is 9.94. The molecule has 1 fully saturated rings. The van der Waals surface area contributed by atoms with Crippen molar-refractivity contribution in [3.05, 3.63) is 41.2 Å². The summed E-state index contributed by atoms with van der Waals surface area (Å²) < 4.78 is 5.57. The zero-order valence-corrected chi connectivity index (χ0v) is 12.9. The molecule has 2 aromatic rings. The topological polar surface area (TPSA) is 55.3 Å². The summed E-state index contributed by atoms with van der Waals surface area (Å²) in [5.41, 5.74) is 7.97. The third kappa shape index (κ3) is 3.46. The van der Waals surface area contributed by atoms with E-state index in [1.54, 1.807) is 6.26 Å². The molecule has 4 nitrogen and oxygen atoms in total. The van der Waals surface area contributed by atoms with Gasteiger partial charge in [-0.25, -0.2) is 4.98 Å². The van der Waals surface area contributed by atoms with Crippen LogP contribution in [0.4, 0.5) is 0 Å². The molecule has 0 amide bonds. The predicted octanol–water partition coefficient (Wildman–Crippen LogP) is 3.16. The summed E-state index contributed by atoms with van der Waals surface area (Å²) in [6.07, 6.45) is 2.86. The van der Waals surface area contributed by atoms with Gasteiger partial charge in [0.1, 0.15) is 6.26 Å². The van der Waals surface area contributed by atoms with Crippen LogP contribution in [-0.2, 0) is 6.54 Å². The van der Waals surface area contributed by atoms with Crippen LogP contribution in [0, 0.1) is 5.92 Å². The predicted molar refractivity (Wildman–Crippen MR) is 84.0 cm³/mol. The van der Waals surface area contributed by atoms with E-state index in [1.807, 2.05) is 24.3 Å². The minimum Gasteiger partial charge on any atom is -0.444 e. The number of benzene rings is 1. The second kappa shape index (κ2) is 6.18. The number of hydrogen-bond acceptors (Lipinski definition) is 4. The van der Waals surface area contributed by atoms with Crippen molar-refractivity contribution >= 4 is 11.6 Å². The normalized spacial score (nSPS) is 23.4. The van der Waals surface area contributed by atoms with Crippen molar-refractivity contribution in [3.8, 4) is 11.5 Å². The second-order valence-corrected chi connectivity index (χ2v) is 6.26. The van der Waals surface area contributed by atoms with E-state index in [9.17, 15) is 0 Å². The first-order valence-electron chi connectivity index (χ1n) is 7.30. The highest BCUT2D eigenvalue weighted by molar-refractivity contribution is 6.30. The van der Waals surface area contributed by atoms with Gasteiger partial charge in [0, 0.05) is 29.7 Å². The molecule has 0 bridgehead atoms. The Bertz CT molecular complexity index is 613.